The van der Waals surface area contributed by atoms with Crippen LogP contribution in [-0.2, 0) is 20.5 Å². The van der Waals surface area contributed by atoms with Crippen LogP contribution in [0.25, 0.3) is 0 Å². The van der Waals surface area contributed by atoms with Crippen LogP contribution in [0.4, 0.5) is 18.9 Å². The summed E-state index contributed by atoms with van der Waals surface area (Å²) in [5, 5.41) is 2.35. The molecule has 0 spiro atoms. The number of cyclic esters (lactones) is 1. The summed E-state index contributed by atoms with van der Waals surface area (Å²) in [4.78, 5) is 27.7. The number of halogens is 3. The highest BCUT2D eigenvalue weighted by molar-refractivity contribution is 5.93. The zero-order valence-corrected chi connectivity index (χ0v) is 14.1. The van der Waals surface area contributed by atoms with Gasteiger partial charge in [-0.2, -0.15) is 13.2 Å². The molecule has 0 aliphatic carbocycles. The summed E-state index contributed by atoms with van der Waals surface area (Å²) in [5.41, 5.74) is -1.10. The van der Waals surface area contributed by atoms with E-state index in [2.05, 4.69) is 5.32 Å². The predicted octanol–water partition coefficient (Wildman–Crippen LogP) is 1.58. The minimum atomic E-state index is -4.52. The standard InChI is InChI=1S/C17H20F3N3O3/c18-17(19,20)12-3-1-2-4-13(12)21-15(24)11-22-6-8-23(9-7-22)14-5-10-26-16(14)25/h1-4,14H,5-11H2,(H,21,24). The highest BCUT2D eigenvalue weighted by atomic mass is 19.4. The summed E-state index contributed by atoms with van der Waals surface area (Å²) in [5.74, 6) is -0.699. The van der Waals surface area contributed by atoms with Crippen molar-refractivity contribution in [1.29, 1.82) is 0 Å². The molecule has 0 aromatic heterocycles. The topological polar surface area (TPSA) is 61.9 Å². The summed E-state index contributed by atoms with van der Waals surface area (Å²) in [6.07, 6.45) is -3.85. The maximum atomic E-state index is 13.0. The van der Waals surface area contributed by atoms with Gasteiger partial charge in [-0.3, -0.25) is 19.4 Å². The van der Waals surface area contributed by atoms with Gasteiger partial charge in [0.15, 0.2) is 0 Å². The lowest BCUT2D eigenvalue weighted by Crippen LogP contribution is -2.52. The Morgan fingerprint density at radius 1 is 1.19 bits per heavy atom. The minimum Gasteiger partial charge on any atom is -0.464 e. The van der Waals surface area contributed by atoms with Crippen LogP contribution in [0.15, 0.2) is 24.3 Å². The molecule has 9 heteroatoms. The first-order valence-corrected chi connectivity index (χ1v) is 8.44. The first-order chi connectivity index (χ1) is 12.3. The van der Waals surface area contributed by atoms with Crippen LogP contribution in [0.1, 0.15) is 12.0 Å². The van der Waals surface area contributed by atoms with Gasteiger partial charge in [-0.15, -0.1) is 0 Å². The molecular formula is C17H20F3N3O3. The van der Waals surface area contributed by atoms with Gasteiger partial charge >= 0.3 is 12.1 Å². The number of benzene rings is 1. The van der Waals surface area contributed by atoms with E-state index in [4.69, 9.17) is 4.74 Å². The smallest absolute Gasteiger partial charge is 0.418 e. The summed E-state index contributed by atoms with van der Waals surface area (Å²) < 4.78 is 43.9. The Morgan fingerprint density at radius 3 is 2.50 bits per heavy atom. The SMILES string of the molecule is O=C(CN1CCN(C2CCOC2=O)CC1)Nc1ccccc1C(F)(F)F. The van der Waals surface area contributed by atoms with Crippen molar-refractivity contribution in [2.75, 3.05) is 44.6 Å². The molecule has 0 radical (unpaired) electrons. The zero-order valence-electron chi connectivity index (χ0n) is 14.1. The second-order valence-electron chi connectivity index (χ2n) is 6.38. The molecule has 2 heterocycles. The molecule has 1 atom stereocenters. The molecule has 2 fully saturated rings. The number of para-hydroxylation sites is 1. The van der Waals surface area contributed by atoms with Crippen molar-refractivity contribution in [3.05, 3.63) is 29.8 Å². The Morgan fingerprint density at radius 2 is 1.88 bits per heavy atom. The third-order valence-corrected chi connectivity index (χ3v) is 4.63. The molecule has 0 saturated carbocycles. The van der Waals surface area contributed by atoms with Crippen LogP contribution < -0.4 is 5.32 Å². The maximum Gasteiger partial charge on any atom is 0.418 e. The highest BCUT2D eigenvalue weighted by Crippen LogP contribution is 2.34. The number of esters is 1. The van der Waals surface area contributed by atoms with Crippen LogP contribution in [0.3, 0.4) is 0 Å². The fourth-order valence-electron chi connectivity index (χ4n) is 3.28. The van der Waals surface area contributed by atoms with Crippen LogP contribution in [-0.4, -0.2) is 67.0 Å². The number of hydrogen-bond donors (Lipinski definition) is 1. The molecular weight excluding hydrogens is 351 g/mol. The molecule has 1 aromatic rings. The number of anilines is 1. The van der Waals surface area contributed by atoms with Crippen molar-refractivity contribution in [2.24, 2.45) is 0 Å². The number of ether oxygens (including phenoxy) is 1. The number of carbonyl (C=O) groups is 2. The van der Waals surface area contributed by atoms with E-state index in [0.717, 1.165) is 6.07 Å². The lowest BCUT2D eigenvalue weighted by molar-refractivity contribution is -0.143. The maximum absolute atomic E-state index is 13.0. The average Bonchev–Trinajstić information content (AvgIpc) is 3.01. The van der Waals surface area contributed by atoms with E-state index in [1.807, 2.05) is 9.80 Å². The van der Waals surface area contributed by atoms with E-state index in [1.54, 1.807) is 0 Å². The third kappa shape index (κ3) is 4.34. The van der Waals surface area contributed by atoms with Gasteiger partial charge in [0.05, 0.1) is 24.4 Å². The first-order valence-electron chi connectivity index (χ1n) is 8.44. The monoisotopic (exact) mass is 371 g/mol. The normalized spacial score (nSPS) is 22.3. The van der Waals surface area contributed by atoms with Crippen molar-refractivity contribution in [2.45, 2.75) is 18.6 Å². The van der Waals surface area contributed by atoms with Gasteiger partial charge in [-0.05, 0) is 12.1 Å². The van der Waals surface area contributed by atoms with Gasteiger partial charge in [0.25, 0.3) is 0 Å². The molecule has 1 aromatic carbocycles. The van der Waals surface area contributed by atoms with Crippen molar-refractivity contribution >= 4 is 17.6 Å². The fourth-order valence-corrected chi connectivity index (χ4v) is 3.28. The Balaban J connectivity index is 1.52. The van der Waals surface area contributed by atoms with E-state index in [9.17, 15) is 22.8 Å². The summed E-state index contributed by atoms with van der Waals surface area (Å²) in [7, 11) is 0. The highest BCUT2D eigenvalue weighted by Gasteiger charge is 2.35. The van der Waals surface area contributed by atoms with E-state index in [-0.39, 0.29) is 24.2 Å². The minimum absolute atomic E-state index is 0.00907. The zero-order chi connectivity index (χ0) is 18.7. The van der Waals surface area contributed by atoms with Crippen molar-refractivity contribution in [1.82, 2.24) is 9.80 Å². The van der Waals surface area contributed by atoms with E-state index >= 15 is 0 Å². The number of nitrogens with one attached hydrogen (secondary N) is 1. The van der Waals surface area contributed by atoms with E-state index in [0.29, 0.717) is 39.2 Å². The van der Waals surface area contributed by atoms with Crippen LogP contribution in [0, 0.1) is 0 Å². The van der Waals surface area contributed by atoms with Gasteiger partial charge in [0, 0.05) is 32.6 Å². The molecule has 3 rings (SSSR count). The molecule has 0 bridgehead atoms. The number of amides is 1. The van der Waals surface area contributed by atoms with Gasteiger partial charge in [0.2, 0.25) is 5.91 Å². The second-order valence-corrected chi connectivity index (χ2v) is 6.38. The molecule has 1 amide bonds. The Labute approximate surface area is 148 Å². The van der Waals surface area contributed by atoms with Crippen LogP contribution in [0.5, 0.6) is 0 Å². The number of rotatable bonds is 4. The Kier molecular flexibility index (Phi) is 5.47. The molecule has 2 saturated heterocycles. The van der Waals surface area contributed by atoms with Crippen LogP contribution >= 0.6 is 0 Å². The van der Waals surface area contributed by atoms with Gasteiger partial charge in [0.1, 0.15) is 6.04 Å². The molecule has 2 aliphatic heterocycles. The number of nitrogens with zero attached hydrogens (tertiary/aromatic N) is 2. The average molecular weight is 371 g/mol. The molecule has 142 valence electrons. The third-order valence-electron chi connectivity index (χ3n) is 4.63. The van der Waals surface area contributed by atoms with Crippen molar-refractivity contribution in [3.8, 4) is 0 Å². The summed E-state index contributed by atoms with van der Waals surface area (Å²) in [6, 6.07) is 4.69. The second kappa shape index (κ2) is 7.63. The lowest BCUT2D eigenvalue weighted by Gasteiger charge is -2.36. The molecule has 1 unspecified atom stereocenters. The molecule has 6 nitrogen and oxygen atoms in total. The van der Waals surface area contributed by atoms with Gasteiger partial charge < -0.3 is 10.1 Å². The fraction of sp³-hybridized carbons (Fsp3) is 0.529. The van der Waals surface area contributed by atoms with Crippen molar-refractivity contribution < 1.29 is 27.5 Å². The predicted molar refractivity (Wildman–Crippen MR) is 87.5 cm³/mol. The Bertz CT molecular complexity index is 673. The number of carbonyl (C=O) groups excluding carboxylic acids is 2. The molecule has 2 aliphatic rings. The Hall–Kier alpha value is -2.13. The summed E-state index contributed by atoms with van der Waals surface area (Å²) in [6.45, 7) is 2.81. The number of alkyl halides is 3. The molecule has 26 heavy (non-hydrogen) atoms. The first kappa shape index (κ1) is 18.7. The van der Waals surface area contributed by atoms with Gasteiger partial charge in [-0.25, -0.2) is 0 Å². The quantitative estimate of drug-likeness (QED) is 0.815. The van der Waals surface area contributed by atoms with Crippen molar-refractivity contribution in [3.63, 3.8) is 0 Å². The molecule has 1 N–H and O–H groups in total. The summed E-state index contributed by atoms with van der Waals surface area (Å²) >= 11 is 0. The van der Waals surface area contributed by atoms with Crippen LogP contribution in [0.2, 0.25) is 0 Å². The van der Waals surface area contributed by atoms with E-state index in [1.165, 1.54) is 18.2 Å². The lowest BCUT2D eigenvalue weighted by atomic mass is 10.1. The van der Waals surface area contributed by atoms with Gasteiger partial charge in [-0.1, -0.05) is 12.1 Å². The largest absolute Gasteiger partial charge is 0.464 e. The number of piperazine rings is 1. The number of hydrogen-bond acceptors (Lipinski definition) is 5. The van der Waals surface area contributed by atoms with E-state index < -0.39 is 17.6 Å².